The van der Waals surface area contributed by atoms with E-state index >= 15 is 0 Å². The third kappa shape index (κ3) is 6.88. The summed E-state index contributed by atoms with van der Waals surface area (Å²) in [4.78, 5) is 19.1. The van der Waals surface area contributed by atoms with Crippen LogP contribution in [0.2, 0.25) is 0 Å². The minimum atomic E-state index is 0. The van der Waals surface area contributed by atoms with Crippen molar-refractivity contribution in [1.82, 2.24) is 4.57 Å². The molecule has 1 aliphatic rings. The van der Waals surface area contributed by atoms with Gasteiger partial charge in [-0.2, -0.15) is 4.57 Å². The highest BCUT2D eigenvalue weighted by Gasteiger charge is 2.28. The zero-order valence-electron chi connectivity index (χ0n) is 28.4. The molecule has 0 fully saturated rings. The van der Waals surface area contributed by atoms with Crippen LogP contribution in [0.5, 0.6) is 5.75 Å². The number of fused-ring (bicyclic) bond motifs is 1. The van der Waals surface area contributed by atoms with E-state index in [1.165, 1.54) is 21.7 Å². The average Bonchev–Trinajstić information content (AvgIpc) is 3.80. The lowest BCUT2D eigenvalue weighted by atomic mass is 10.1. The molecule has 0 amide bonds. The van der Waals surface area contributed by atoms with Gasteiger partial charge in [0.15, 0.2) is 0 Å². The molecule has 3 heterocycles. The number of allylic oxidation sites excluding steroid dienone is 1. The van der Waals surface area contributed by atoms with E-state index < -0.39 is 0 Å². The van der Waals surface area contributed by atoms with Crippen molar-refractivity contribution in [3.05, 3.63) is 150 Å². The maximum Gasteiger partial charge on any atom is 0.269 e. The highest BCUT2D eigenvalue weighted by Crippen LogP contribution is 2.47. The first-order chi connectivity index (χ1) is 24.0. The highest BCUT2D eigenvalue weighted by molar-refractivity contribution is 8.03. The van der Waals surface area contributed by atoms with Crippen LogP contribution in [0.1, 0.15) is 31.3 Å². The second-order valence-electron chi connectivity index (χ2n) is 11.5. The topological polar surface area (TPSA) is 38.4 Å². The third-order valence-corrected chi connectivity index (χ3v) is 12.1. The van der Waals surface area contributed by atoms with Gasteiger partial charge in [-0.15, -0.1) is 11.3 Å². The first kappa shape index (κ1) is 35.9. The number of aromatic nitrogens is 2. The van der Waals surface area contributed by atoms with Gasteiger partial charge in [0.05, 0.1) is 23.9 Å². The van der Waals surface area contributed by atoms with Gasteiger partial charge >= 0.3 is 0 Å². The highest BCUT2D eigenvalue weighted by atomic mass is 127. The summed E-state index contributed by atoms with van der Waals surface area (Å²) in [7, 11) is 1.70. The fraction of sp³-hybridized carbons (Fsp3) is 0.171. The predicted molar refractivity (Wildman–Crippen MR) is 207 cm³/mol. The van der Waals surface area contributed by atoms with Crippen LogP contribution in [0.25, 0.3) is 33.3 Å². The third-order valence-electron chi connectivity index (χ3n) is 8.68. The Kier molecular flexibility index (Phi) is 11.5. The van der Waals surface area contributed by atoms with Crippen LogP contribution in [-0.4, -0.2) is 18.2 Å². The molecule has 5 nitrogen and oxygen atoms in total. The molecule has 2 aromatic heterocycles. The van der Waals surface area contributed by atoms with Gasteiger partial charge in [0.2, 0.25) is 5.69 Å². The number of nitrogens with zero attached hydrogens (tertiary/aromatic N) is 3. The zero-order valence-corrected chi connectivity index (χ0v) is 33.0. The van der Waals surface area contributed by atoms with Crippen molar-refractivity contribution in [2.45, 2.75) is 38.8 Å². The van der Waals surface area contributed by atoms with Gasteiger partial charge in [-0.3, -0.25) is 9.36 Å². The lowest BCUT2D eigenvalue weighted by molar-refractivity contribution is -0.679. The number of halogens is 1. The Morgan fingerprint density at radius 3 is 2.10 bits per heavy atom. The van der Waals surface area contributed by atoms with E-state index in [0.717, 1.165) is 59.8 Å². The average molecular weight is 828 g/mol. The molecule has 9 heteroatoms. The minimum absolute atomic E-state index is 0. The van der Waals surface area contributed by atoms with Crippen molar-refractivity contribution in [2.75, 3.05) is 18.6 Å². The molecular weight excluding hydrogens is 790 g/mol. The number of methoxy groups -OCH3 is 1. The van der Waals surface area contributed by atoms with Crippen LogP contribution < -0.4 is 52.9 Å². The fourth-order valence-electron chi connectivity index (χ4n) is 6.31. The van der Waals surface area contributed by atoms with Crippen molar-refractivity contribution >= 4 is 51.8 Å². The molecular formula is C41H38IN3O2S3. The van der Waals surface area contributed by atoms with E-state index in [1.54, 1.807) is 41.5 Å². The monoisotopic (exact) mass is 827 g/mol. The predicted octanol–water partition coefficient (Wildman–Crippen LogP) is 5.15. The molecule has 254 valence electrons. The van der Waals surface area contributed by atoms with Gasteiger partial charge in [-0.1, -0.05) is 102 Å². The molecule has 0 atom stereocenters. The summed E-state index contributed by atoms with van der Waals surface area (Å²) >= 11 is 5.07. The van der Waals surface area contributed by atoms with Crippen molar-refractivity contribution in [1.29, 1.82) is 0 Å². The molecule has 1 aliphatic heterocycles. The first-order valence-corrected chi connectivity index (χ1v) is 19.0. The van der Waals surface area contributed by atoms with Crippen molar-refractivity contribution in [3.63, 3.8) is 0 Å². The first-order valence-electron chi connectivity index (χ1n) is 16.6. The molecule has 0 unspecified atom stereocenters. The van der Waals surface area contributed by atoms with Crippen LogP contribution in [0.15, 0.2) is 130 Å². The van der Waals surface area contributed by atoms with E-state index in [1.807, 2.05) is 28.8 Å². The van der Waals surface area contributed by atoms with Crippen LogP contribution >= 0.6 is 34.4 Å². The standard InChI is InChI=1S/C41H38N3O2S3.HI/c1-5-42-33-24-23-31(46-4)25-34(33)47-35(42)26-32(28-17-11-8-12-18-28)40-41(45)44(7-3)37(49-40)27-36-43(6-2)38(29-19-13-9-14-20-29)39(48-36)30-21-15-10-16-22-30;/h8-27H,5-7H2,1-4H3;1H/q+1;/p-1/b35-26-,40-32+;. The van der Waals surface area contributed by atoms with E-state index in [-0.39, 0.29) is 29.5 Å². The van der Waals surface area contributed by atoms with Crippen molar-refractivity contribution in [2.24, 2.45) is 0 Å². The lowest BCUT2D eigenvalue weighted by Gasteiger charge is -2.18. The summed E-state index contributed by atoms with van der Waals surface area (Å²) in [5.41, 5.74) is 6.71. The van der Waals surface area contributed by atoms with E-state index in [0.29, 0.717) is 6.54 Å². The van der Waals surface area contributed by atoms with Crippen LogP contribution in [0.4, 0.5) is 5.69 Å². The molecule has 50 heavy (non-hydrogen) atoms. The Labute approximate surface area is 322 Å². The molecule has 0 N–H and O–H groups in total. The summed E-state index contributed by atoms with van der Waals surface area (Å²) in [5.74, 6) is 0.837. The van der Waals surface area contributed by atoms with Crippen molar-refractivity contribution < 1.29 is 33.3 Å². The number of benzene rings is 4. The summed E-state index contributed by atoms with van der Waals surface area (Å²) in [6, 6.07) is 37.7. The van der Waals surface area contributed by atoms with Gasteiger partial charge in [-0.05, 0) is 68.3 Å². The summed E-state index contributed by atoms with van der Waals surface area (Å²) in [6.07, 6.45) is 4.41. The largest absolute Gasteiger partial charge is 1.00 e. The summed E-state index contributed by atoms with van der Waals surface area (Å²) in [6.45, 7) is 8.60. The number of anilines is 1. The van der Waals surface area contributed by atoms with Crippen LogP contribution in [0, 0.1) is 0 Å². The molecule has 0 aliphatic carbocycles. The molecule has 0 saturated heterocycles. The Hall–Kier alpha value is -3.90. The maximum absolute atomic E-state index is 14.4. The number of hydrogen-bond acceptors (Lipinski definition) is 6. The maximum atomic E-state index is 14.4. The van der Waals surface area contributed by atoms with Gasteiger partial charge in [0.25, 0.3) is 10.6 Å². The van der Waals surface area contributed by atoms with E-state index in [4.69, 9.17) is 4.74 Å². The van der Waals surface area contributed by atoms with Crippen LogP contribution in [0.3, 0.4) is 0 Å². The quantitative estimate of drug-likeness (QED) is 0.150. The molecule has 0 spiro atoms. The Morgan fingerprint density at radius 2 is 1.48 bits per heavy atom. The van der Waals surface area contributed by atoms with Gasteiger partial charge in [0, 0.05) is 29.1 Å². The molecule has 6 aromatic rings. The Morgan fingerprint density at radius 1 is 0.820 bits per heavy atom. The van der Waals surface area contributed by atoms with E-state index in [2.05, 4.69) is 127 Å². The second kappa shape index (κ2) is 16.0. The second-order valence-corrected chi connectivity index (χ2v) is 14.6. The molecule has 7 rings (SSSR count). The zero-order chi connectivity index (χ0) is 33.9. The van der Waals surface area contributed by atoms with Gasteiger partial charge < -0.3 is 33.6 Å². The number of thiazole rings is 2. The fourth-order valence-corrected chi connectivity index (χ4v) is 10.1. The number of rotatable bonds is 9. The Balaban J connectivity index is 0.00000432. The molecule has 0 bridgehead atoms. The normalized spacial score (nSPS) is 14.1. The lowest BCUT2D eigenvalue weighted by Crippen LogP contribution is -3.00. The summed E-state index contributed by atoms with van der Waals surface area (Å²) in [5, 5.41) is 2.20. The number of thioether (sulfide) groups is 1. The van der Waals surface area contributed by atoms with Gasteiger partial charge in [0.1, 0.15) is 26.4 Å². The Bertz CT molecular complexity index is 2330. The molecule has 0 radical (unpaired) electrons. The molecule has 4 aromatic carbocycles. The minimum Gasteiger partial charge on any atom is -1.00 e. The number of ether oxygens (including phenoxy) is 1. The van der Waals surface area contributed by atoms with Crippen LogP contribution in [-0.2, 0) is 13.1 Å². The molecule has 0 saturated carbocycles. The summed E-state index contributed by atoms with van der Waals surface area (Å²) < 4.78 is 11.5. The van der Waals surface area contributed by atoms with E-state index in [9.17, 15) is 4.79 Å². The smallest absolute Gasteiger partial charge is 0.269 e. The van der Waals surface area contributed by atoms with Gasteiger partial charge in [-0.25, -0.2) is 0 Å². The van der Waals surface area contributed by atoms with Crippen molar-refractivity contribution in [3.8, 4) is 27.4 Å². The number of hydrogen-bond donors (Lipinski definition) is 0. The SMILES string of the molecule is CCN1/C(=C/C(c2ccccc2)=c2\s/c(=C/c3sc(-c4ccccc4)c(-c4ccccc4)[n+]3CC)n(CC)c2=O)Sc2cc(OC)ccc21.[I-].